The van der Waals surface area contributed by atoms with Gasteiger partial charge in [0.1, 0.15) is 5.75 Å². The molecule has 0 fully saturated rings. The molecule has 0 bridgehead atoms. The van der Waals surface area contributed by atoms with Crippen LogP contribution in [-0.2, 0) is 6.54 Å². The molecule has 0 heterocycles. The second-order valence-corrected chi connectivity index (χ2v) is 4.96. The predicted molar refractivity (Wildman–Crippen MR) is 69.1 cm³/mol. The number of nitrogens with one attached hydrogen (secondary N) is 1. The zero-order valence-corrected chi connectivity index (χ0v) is 11.1. The first-order chi connectivity index (χ1) is 7.98. The molecule has 1 aromatic rings. The maximum Gasteiger partial charge on any atom is 0.120 e. The highest BCUT2D eigenvalue weighted by atomic mass is 35.5. The number of methoxy groups -OCH3 is 1. The predicted octanol–water partition coefficient (Wildman–Crippen LogP) is 2.99. The van der Waals surface area contributed by atoms with E-state index in [2.05, 4.69) is 11.4 Å². The van der Waals surface area contributed by atoms with Crippen LogP contribution >= 0.6 is 11.6 Å². The van der Waals surface area contributed by atoms with Crippen LogP contribution in [0.25, 0.3) is 0 Å². The highest BCUT2D eigenvalue weighted by Gasteiger charge is 2.15. The topological polar surface area (TPSA) is 45.0 Å². The van der Waals surface area contributed by atoms with E-state index in [0.29, 0.717) is 18.1 Å². The first-order valence-corrected chi connectivity index (χ1v) is 5.81. The number of halogens is 1. The summed E-state index contributed by atoms with van der Waals surface area (Å²) in [5.41, 5.74) is 0.639. The van der Waals surface area contributed by atoms with Crippen LogP contribution < -0.4 is 10.1 Å². The summed E-state index contributed by atoms with van der Waals surface area (Å²) in [5, 5.41) is 12.8. The fraction of sp³-hybridized carbons (Fsp3) is 0.462. The van der Waals surface area contributed by atoms with Gasteiger partial charge in [-0.25, -0.2) is 0 Å². The molecule has 0 spiro atoms. The van der Waals surface area contributed by atoms with E-state index < -0.39 is 0 Å². The van der Waals surface area contributed by atoms with Gasteiger partial charge in [-0.05, 0) is 31.5 Å². The molecule has 0 unspecified atom stereocenters. The molecule has 0 aliphatic carbocycles. The Morgan fingerprint density at radius 1 is 1.47 bits per heavy atom. The number of nitrogens with zero attached hydrogens (tertiary/aromatic N) is 1. The number of ether oxygens (including phenoxy) is 1. The van der Waals surface area contributed by atoms with Gasteiger partial charge in [0.15, 0.2) is 0 Å². The lowest BCUT2D eigenvalue weighted by molar-refractivity contribution is 0.414. The first kappa shape index (κ1) is 13.8. The number of nitriles is 1. The normalized spacial score (nSPS) is 11.0. The standard InChI is InChI=1S/C13H17ClN2O/c1-13(2,8-15)9-16-7-10-4-5-11(17-3)6-12(10)14/h4-6,16H,7,9H2,1-3H3. The van der Waals surface area contributed by atoms with Gasteiger partial charge >= 0.3 is 0 Å². The summed E-state index contributed by atoms with van der Waals surface area (Å²) >= 11 is 6.11. The minimum Gasteiger partial charge on any atom is -0.497 e. The van der Waals surface area contributed by atoms with Crippen LogP contribution in [0.1, 0.15) is 19.4 Å². The average Bonchev–Trinajstić information content (AvgIpc) is 2.31. The molecule has 0 atom stereocenters. The molecule has 1 N–H and O–H groups in total. The quantitative estimate of drug-likeness (QED) is 0.876. The molecule has 17 heavy (non-hydrogen) atoms. The monoisotopic (exact) mass is 252 g/mol. The van der Waals surface area contributed by atoms with Gasteiger partial charge in [-0.2, -0.15) is 5.26 Å². The van der Waals surface area contributed by atoms with Crippen molar-refractivity contribution in [3.63, 3.8) is 0 Å². The Balaban J connectivity index is 2.56. The minimum absolute atomic E-state index is 0.362. The fourth-order valence-electron chi connectivity index (χ4n) is 1.35. The lowest BCUT2D eigenvalue weighted by Gasteiger charge is -2.16. The van der Waals surface area contributed by atoms with E-state index in [1.54, 1.807) is 13.2 Å². The second kappa shape index (κ2) is 5.90. The average molecular weight is 253 g/mol. The Morgan fingerprint density at radius 3 is 2.71 bits per heavy atom. The zero-order chi connectivity index (χ0) is 12.9. The van der Waals surface area contributed by atoms with Crippen molar-refractivity contribution in [2.75, 3.05) is 13.7 Å². The zero-order valence-electron chi connectivity index (χ0n) is 10.4. The van der Waals surface area contributed by atoms with Crippen molar-refractivity contribution in [2.24, 2.45) is 5.41 Å². The SMILES string of the molecule is COc1ccc(CNCC(C)(C)C#N)c(Cl)c1. The Kier molecular flexibility index (Phi) is 4.80. The van der Waals surface area contributed by atoms with Crippen LogP contribution in [0.3, 0.4) is 0 Å². The number of hydrogen-bond donors (Lipinski definition) is 1. The van der Waals surface area contributed by atoms with Gasteiger partial charge < -0.3 is 10.1 Å². The smallest absolute Gasteiger partial charge is 0.120 e. The van der Waals surface area contributed by atoms with Crippen LogP contribution in [0.5, 0.6) is 5.75 Å². The van der Waals surface area contributed by atoms with E-state index >= 15 is 0 Å². The van der Waals surface area contributed by atoms with Crippen molar-refractivity contribution in [3.05, 3.63) is 28.8 Å². The van der Waals surface area contributed by atoms with Gasteiger partial charge in [0.25, 0.3) is 0 Å². The van der Waals surface area contributed by atoms with E-state index in [9.17, 15) is 0 Å². The van der Waals surface area contributed by atoms with E-state index in [1.807, 2.05) is 26.0 Å². The lowest BCUT2D eigenvalue weighted by Crippen LogP contribution is -2.27. The Hall–Kier alpha value is -1.24. The summed E-state index contributed by atoms with van der Waals surface area (Å²) in [6, 6.07) is 7.83. The van der Waals surface area contributed by atoms with E-state index in [-0.39, 0.29) is 5.41 Å². The molecule has 1 aromatic carbocycles. The van der Waals surface area contributed by atoms with Crippen LogP contribution in [0.4, 0.5) is 0 Å². The molecular formula is C13H17ClN2O. The molecule has 92 valence electrons. The highest BCUT2D eigenvalue weighted by Crippen LogP contribution is 2.22. The number of rotatable bonds is 5. The Morgan fingerprint density at radius 2 is 2.18 bits per heavy atom. The van der Waals surface area contributed by atoms with Crippen LogP contribution in [-0.4, -0.2) is 13.7 Å². The molecule has 0 saturated carbocycles. The molecule has 0 amide bonds. The van der Waals surface area contributed by atoms with Gasteiger partial charge in [-0.3, -0.25) is 0 Å². The molecule has 0 aliphatic heterocycles. The summed E-state index contributed by atoms with van der Waals surface area (Å²) in [6.07, 6.45) is 0. The third kappa shape index (κ3) is 4.26. The lowest BCUT2D eigenvalue weighted by atomic mass is 9.96. The van der Waals surface area contributed by atoms with Crippen molar-refractivity contribution >= 4 is 11.6 Å². The summed E-state index contributed by atoms with van der Waals surface area (Å²) in [4.78, 5) is 0. The summed E-state index contributed by atoms with van der Waals surface area (Å²) in [7, 11) is 1.61. The number of benzene rings is 1. The largest absolute Gasteiger partial charge is 0.497 e. The van der Waals surface area contributed by atoms with Crippen molar-refractivity contribution in [2.45, 2.75) is 20.4 Å². The molecule has 0 aromatic heterocycles. The highest BCUT2D eigenvalue weighted by molar-refractivity contribution is 6.31. The van der Waals surface area contributed by atoms with Crippen molar-refractivity contribution in [3.8, 4) is 11.8 Å². The minimum atomic E-state index is -0.362. The molecular weight excluding hydrogens is 236 g/mol. The molecule has 4 heteroatoms. The Labute approximate surface area is 107 Å². The van der Waals surface area contributed by atoms with Crippen LogP contribution in [0.15, 0.2) is 18.2 Å². The summed E-state index contributed by atoms with van der Waals surface area (Å²) < 4.78 is 5.08. The third-order valence-electron chi connectivity index (χ3n) is 2.45. The second-order valence-electron chi connectivity index (χ2n) is 4.56. The van der Waals surface area contributed by atoms with E-state index in [0.717, 1.165) is 11.3 Å². The summed E-state index contributed by atoms with van der Waals surface area (Å²) in [5.74, 6) is 0.746. The maximum atomic E-state index is 8.88. The van der Waals surface area contributed by atoms with Crippen molar-refractivity contribution in [1.29, 1.82) is 5.26 Å². The van der Waals surface area contributed by atoms with Crippen LogP contribution in [0.2, 0.25) is 5.02 Å². The number of hydrogen-bond acceptors (Lipinski definition) is 3. The van der Waals surface area contributed by atoms with Gasteiger partial charge in [0.05, 0.1) is 18.6 Å². The van der Waals surface area contributed by atoms with E-state index in [1.165, 1.54) is 0 Å². The maximum absolute atomic E-state index is 8.88. The van der Waals surface area contributed by atoms with Crippen molar-refractivity contribution < 1.29 is 4.74 Å². The molecule has 0 aliphatic rings. The van der Waals surface area contributed by atoms with Gasteiger partial charge in [0.2, 0.25) is 0 Å². The molecule has 0 saturated heterocycles. The van der Waals surface area contributed by atoms with E-state index in [4.69, 9.17) is 21.6 Å². The van der Waals surface area contributed by atoms with Gasteiger partial charge in [-0.15, -0.1) is 0 Å². The summed E-state index contributed by atoms with van der Waals surface area (Å²) in [6.45, 7) is 5.07. The third-order valence-corrected chi connectivity index (χ3v) is 2.80. The molecule has 0 radical (unpaired) electrons. The van der Waals surface area contributed by atoms with Gasteiger partial charge in [-0.1, -0.05) is 17.7 Å². The molecule has 1 rings (SSSR count). The molecule has 3 nitrogen and oxygen atoms in total. The first-order valence-electron chi connectivity index (χ1n) is 5.43. The van der Waals surface area contributed by atoms with Crippen molar-refractivity contribution in [1.82, 2.24) is 5.32 Å². The Bertz CT molecular complexity index is 424. The fourth-order valence-corrected chi connectivity index (χ4v) is 1.58. The van der Waals surface area contributed by atoms with Gasteiger partial charge in [0, 0.05) is 18.1 Å². The van der Waals surface area contributed by atoms with Crippen LogP contribution in [0, 0.1) is 16.7 Å².